The smallest absolute Gasteiger partial charge is 0.137 e. The molecule has 17 heavy (non-hydrogen) atoms. The van der Waals surface area contributed by atoms with Crippen LogP contribution in [0.25, 0.3) is 0 Å². The second-order valence-corrected chi connectivity index (χ2v) is 6.37. The highest BCUT2D eigenvalue weighted by Gasteiger charge is 2.43. The second-order valence-electron chi connectivity index (χ2n) is 5.52. The Morgan fingerprint density at radius 1 is 1.12 bits per heavy atom. The minimum absolute atomic E-state index is 0.179. The first-order valence-corrected chi connectivity index (χ1v) is 7.18. The van der Waals surface area contributed by atoms with Crippen LogP contribution >= 0.6 is 15.9 Å². The van der Waals surface area contributed by atoms with E-state index < -0.39 is 0 Å². The Morgan fingerprint density at radius 2 is 1.82 bits per heavy atom. The molecular weight excluding hydrogens is 281 g/mol. The standard InChI is InChI=1S/C14H17BrFN/c15-12-8-11(4-5-13(12)16)17-9-14(10-17)6-2-1-3-7-14/h4-5,8H,1-3,6-7,9-10H2. The molecule has 0 N–H and O–H groups in total. The van der Waals surface area contributed by atoms with Crippen molar-refractivity contribution >= 4 is 21.6 Å². The molecule has 0 amide bonds. The fourth-order valence-electron chi connectivity index (χ4n) is 3.25. The quantitative estimate of drug-likeness (QED) is 0.744. The lowest BCUT2D eigenvalue weighted by molar-refractivity contribution is 0.139. The van der Waals surface area contributed by atoms with Crippen molar-refractivity contribution in [3.63, 3.8) is 0 Å². The van der Waals surface area contributed by atoms with Crippen LogP contribution < -0.4 is 4.90 Å². The summed E-state index contributed by atoms with van der Waals surface area (Å²) < 4.78 is 13.7. The number of hydrogen-bond acceptors (Lipinski definition) is 1. The molecule has 1 aliphatic carbocycles. The molecule has 0 aromatic heterocycles. The minimum Gasteiger partial charge on any atom is -0.370 e. The third-order valence-corrected chi connectivity index (χ3v) is 4.84. The highest BCUT2D eigenvalue weighted by molar-refractivity contribution is 9.10. The fourth-order valence-corrected chi connectivity index (χ4v) is 3.61. The predicted octanol–water partition coefficient (Wildman–Crippen LogP) is 4.36. The lowest BCUT2D eigenvalue weighted by Crippen LogP contribution is -2.57. The summed E-state index contributed by atoms with van der Waals surface area (Å²) in [4.78, 5) is 2.37. The number of halogens is 2. The first-order chi connectivity index (χ1) is 8.19. The zero-order valence-electron chi connectivity index (χ0n) is 9.88. The van der Waals surface area contributed by atoms with Gasteiger partial charge < -0.3 is 4.90 Å². The highest BCUT2D eigenvalue weighted by Crippen LogP contribution is 2.45. The summed E-state index contributed by atoms with van der Waals surface area (Å²) in [5.74, 6) is -0.179. The van der Waals surface area contributed by atoms with E-state index in [9.17, 15) is 4.39 Å². The maximum absolute atomic E-state index is 13.2. The molecule has 3 rings (SSSR count). The van der Waals surface area contributed by atoms with E-state index in [0.717, 1.165) is 18.8 Å². The van der Waals surface area contributed by atoms with Crippen LogP contribution in [0.4, 0.5) is 10.1 Å². The molecule has 3 heteroatoms. The molecule has 1 saturated heterocycles. The van der Waals surface area contributed by atoms with Gasteiger partial charge in [-0.1, -0.05) is 19.3 Å². The Labute approximate surface area is 110 Å². The molecule has 1 spiro atoms. The Kier molecular flexibility index (Phi) is 2.89. The van der Waals surface area contributed by atoms with Crippen LogP contribution in [0.1, 0.15) is 32.1 Å². The Bertz CT molecular complexity index is 418. The van der Waals surface area contributed by atoms with Gasteiger partial charge in [0.15, 0.2) is 0 Å². The van der Waals surface area contributed by atoms with E-state index in [2.05, 4.69) is 20.8 Å². The van der Waals surface area contributed by atoms with Gasteiger partial charge in [0.05, 0.1) is 4.47 Å². The lowest BCUT2D eigenvalue weighted by atomic mass is 9.68. The first-order valence-electron chi connectivity index (χ1n) is 6.39. The van der Waals surface area contributed by atoms with Crippen molar-refractivity contribution in [2.45, 2.75) is 32.1 Å². The maximum Gasteiger partial charge on any atom is 0.137 e. The van der Waals surface area contributed by atoms with E-state index in [4.69, 9.17) is 0 Å². The molecule has 1 aromatic carbocycles. The normalized spacial score (nSPS) is 22.6. The lowest BCUT2D eigenvalue weighted by Gasteiger charge is -2.53. The van der Waals surface area contributed by atoms with Crippen molar-refractivity contribution in [1.29, 1.82) is 0 Å². The molecule has 2 fully saturated rings. The average molecular weight is 298 g/mol. The number of anilines is 1. The van der Waals surface area contributed by atoms with Crippen molar-refractivity contribution in [3.05, 3.63) is 28.5 Å². The van der Waals surface area contributed by atoms with Gasteiger partial charge in [-0.3, -0.25) is 0 Å². The Balaban J connectivity index is 1.70. The monoisotopic (exact) mass is 297 g/mol. The molecule has 0 atom stereocenters. The van der Waals surface area contributed by atoms with Gasteiger partial charge in [0.25, 0.3) is 0 Å². The molecule has 1 saturated carbocycles. The molecule has 1 heterocycles. The van der Waals surface area contributed by atoms with Gasteiger partial charge in [0.2, 0.25) is 0 Å². The van der Waals surface area contributed by atoms with Crippen molar-refractivity contribution < 1.29 is 4.39 Å². The molecule has 1 aromatic rings. The van der Waals surface area contributed by atoms with Gasteiger partial charge in [-0.2, -0.15) is 0 Å². The van der Waals surface area contributed by atoms with Crippen LogP contribution in [0.3, 0.4) is 0 Å². The van der Waals surface area contributed by atoms with E-state index in [0.29, 0.717) is 9.89 Å². The summed E-state index contributed by atoms with van der Waals surface area (Å²) in [5, 5.41) is 0. The first kappa shape index (κ1) is 11.5. The largest absolute Gasteiger partial charge is 0.370 e. The van der Waals surface area contributed by atoms with Crippen LogP contribution in [0.2, 0.25) is 0 Å². The second kappa shape index (κ2) is 4.27. The Morgan fingerprint density at radius 3 is 2.47 bits per heavy atom. The zero-order valence-corrected chi connectivity index (χ0v) is 11.5. The van der Waals surface area contributed by atoms with Crippen molar-refractivity contribution in [3.8, 4) is 0 Å². The molecule has 0 radical (unpaired) electrons. The van der Waals surface area contributed by atoms with E-state index >= 15 is 0 Å². The summed E-state index contributed by atoms with van der Waals surface area (Å²) >= 11 is 3.25. The highest BCUT2D eigenvalue weighted by atomic mass is 79.9. The number of nitrogens with zero attached hydrogens (tertiary/aromatic N) is 1. The third kappa shape index (κ3) is 2.10. The molecule has 92 valence electrons. The SMILES string of the molecule is Fc1ccc(N2CC3(CCCCC3)C2)cc1Br. The number of benzene rings is 1. The molecule has 0 bridgehead atoms. The fraction of sp³-hybridized carbons (Fsp3) is 0.571. The predicted molar refractivity (Wildman–Crippen MR) is 71.8 cm³/mol. The van der Waals surface area contributed by atoms with Crippen LogP contribution in [0.15, 0.2) is 22.7 Å². The van der Waals surface area contributed by atoms with Gasteiger partial charge in [-0.25, -0.2) is 4.39 Å². The van der Waals surface area contributed by atoms with Gasteiger partial charge in [0, 0.05) is 24.2 Å². The van der Waals surface area contributed by atoms with E-state index in [1.54, 1.807) is 6.07 Å². The molecule has 1 nitrogen and oxygen atoms in total. The zero-order chi connectivity index (χ0) is 11.9. The van der Waals surface area contributed by atoms with Crippen LogP contribution in [-0.4, -0.2) is 13.1 Å². The molecule has 1 aliphatic heterocycles. The summed E-state index contributed by atoms with van der Waals surface area (Å²) in [6, 6.07) is 5.33. The van der Waals surface area contributed by atoms with Gasteiger partial charge in [-0.15, -0.1) is 0 Å². The number of hydrogen-bond donors (Lipinski definition) is 0. The number of rotatable bonds is 1. The summed E-state index contributed by atoms with van der Waals surface area (Å²) in [7, 11) is 0. The molecule has 2 aliphatic rings. The van der Waals surface area contributed by atoms with Crippen molar-refractivity contribution in [2.24, 2.45) is 5.41 Å². The van der Waals surface area contributed by atoms with E-state index in [1.807, 2.05) is 12.1 Å². The van der Waals surface area contributed by atoms with Crippen LogP contribution in [-0.2, 0) is 0 Å². The van der Waals surface area contributed by atoms with Crippen molar-refractivity contribution in [2.75, 3.05) is 18.0 Å². The average Bonchev–Trinajstić information content (AvgIpc) is 2.31. The third-order valence-electron chi connectivity index (χ3n) is 4.24. The molecule has 0 unspecified atom stereocenters. The van der Waals surface area contributed by atoms with Crippen LogP contribution in [0, 0.1) is 11.2 Å². The van der Waals surface area contributed by atoms with E-state index in [1.165, 1.54) is 32.1 Å². The van der Waals surface area contributed by atoms with Crippen molar-refractivity contribution in [1.82, 2.24) is 0 Å². The van der Waals surface area contributed by atoms with E-state index in [-0.39, 0.29) is 5.82 Å². The van der Waals surface area contributed by atoms with Gasteiger partial charge in [-0.05, 0) is 47.0 Å². The van der Waals surface area contributed by atoms with Gasteiger partial charge in [0.1, 0.15) is 5.82 Å². The summed E-state index contributed by atoms with van der Waals surface area (Å²) in [5.41, 5.74) is 1.73. The summed E-state index contributed by atoms with van der Waals surface area (Å²) in [6.07, 6.45) is 6.95. The maximum atomic E-state index is 13.2. The topological polar surface area (TPSA) is 3.24 Å². The molecular formula is C14H17BrFN. The Hall–Kier alpha value is -0.570. The summed E-state index contributed by atoms with van der Waals surface area (Å²) in [6.45, 7) is 2.32. The van der Waals surface area contributed by atoms with Crippen LogP contribution in [0.5, 0.6) is 0 Å². The van der Waals surface area contributed by atoms with Gasteiger partial charge >= 0.3 is 0 Å². The minimum atomic E-state index is -0.179.